The number of H-pyrrole nitrogens is 1. The summed E-state index contributed by atoms with van der Waals surface area (Å²) in [6, 6.07) is 2.68. The molecule has 1 heterocycles. The molecule has 0 saturated heterocycles. The van der Waals surface area contributed by atoms with Crippen molar-refractivity contribution < 1.29 is 34.2 Å². The van der Waals surface area contributed by atoms with E-state index in [0.717, 1.165) is 16.5 Å². The summed E-state index contributed by atoms with van der Waals surface area (Å²) >= 11 is 0. The Morgan fingerprint density at radius 3 is 1.85 bits per heavy atom. The number of nitrogens with two attached hydrogens (primary N) is 1. The van der Waals surface area contributed by atoms with E-state index in [1.54, 1.807) is 6.20 Å². The van der Waals surface area contributed by atoms with Crippen LogP contribution in [0, 0.1) is 11.8 Å². The zero-order valence-corrected chi connectivity index (χ0v) is 22.7. The van der Waals surface area contributed by atoms with Crippen LogP contribution < -0.4 is 21.7 Å². The van der Waals surface area contributed by atoms with Crippen LogP contribution in [0.4, 0.5) is 0 Å². The molecule has 8 N–H and O–H groups in total. The number of aromatic amines is 1. The minimum absolute atomic E-state index is 0.0262. The van der Waals surface area contributed by atoms with Gasteiger partial charge in [-0.25, -0.2) is 4.79 Å². The number of aromatic nitrogens is 1. The van der Waals surface area contributed by atoms with Crippen molar-refractivity contribution >= 4 is 40.6 Å². The molecule has 0 radical (unpaired) electrons. The quantitative estimate of drug-likeness (QED) is 0.172. The van der Waals surface area contributed by atoms with Crippen molar-refractivity contribution in [2.75, 3.05) is 0 Å². The van der Waals surface area contributed by atoms with Crippen molar-refractivity contribution in [3.63, 3.8) is 0 Å². The summed E-state index contributed by atoms with van der Waals surface area (Å²) in [5, 5.41) is 27.3. The Morgan fingerprint density at radius 2 is 1.33 bits per heavy atom. The molecule has 0 bridgehead atoms. The second-order valence-electron chi connectivity index (χ2n) is 10.5. The summed E-state index contributed by atoms with van der Waals surface area (Å²) in [7, 11) is 0. The fourth-order valence-corrected chi connectivity index (χ4v) is 4.23. The number of para-hydroxylation sites is 1. The topological polar surface area (TPSA) is 204 Å². The fraction of sp³-hybridized carbons (Fsp3) is 0.519. The maximum atomic E-state index is 13.2. The number of carbonyl (C=O) groups excluding carboxylic acids is 3. The van der Waals surface area contributed by atoms with Gasteiger partial charge in [-0.15, -0.1) is 0 Å². The summed E-state index contributed by atoms with van der Waals surface area (Å²) in [6.45, 7) is 7.38. The maximum absolute atomic E-state index is 13.2. The van der Waals surface area contributed by atoms with Crippen molar-refractivity contribution in [3.8, 4) is 0 Å². The molecular formula is C27H39N5O7. The van der Waals surface area contributed by atoms with Crippen molar-refractivity contribution in [2.45, 2.75) is 77.5 Å². The van der Waals surface area contributed by atoms with Gasteiger partial charge in [-0.2, -0.15) is 0 Å². The first-order valence-electron chi connectivity index (χ1n) is 12.9. The van der Waals surface area contributed by atoms with Crippen molar-refractivity contribution in [1.29, 1.82) is 0 Å². The fourth-order valence-electron chi connectivity index (χ4n) is 4.23. The lowest BCUT2D eigenvalue weighted by Crippen LogP contribution is -2.57. The molecule has 4 unspecified atom stereocenters. The molecule has 0 saturated carbocycles. The highest BCUT2D eigenvalue weighted by Crippen LogP contribution is 2.19. The predicted octanol–water partition coefficient (Wildman–Crippen LogP) is 1.14. The number of hydrogen-bond acceptors (Lipinski definition) is 6. The van der Waals surface area contributed by atoms with E-state index in [0.29, 0.717) is 0 Å². The van der Waals surface area contributed by atoms with Crippen LogP contribution in [0.5, 0.6) is 0 Å². The van der Waals surface area contributed by atoms with Gasteiger partial charge in [-0.3, -0.25) is 19.2 Å². The van der Waals surface area contributed by atoms with Gasteiger partial charge in [-0.1, -0.05) is 45.9 Å². The van der Waals surface area contributed by atoms with E-state index in [4.69, 9.17) is 10.8 Å². The van der Waals surface area contributed by atoms with Crippen LogP contribution in [-0.2, 0) is 30.4 Å². The molecule has 214 valence electrons. The Kier molecular flexibility index (Phi) is 11.5. The highest BCUT2D eigenvalue weighted by atomic mass is 16.4. The van der Waals surface area contributed by atoms with Crippen molar-refractivity contribution in [2.24, 2.45) is 17.6 Å². The summed E-state index contributed by atoms with van der Waals surface area (Å²) in [6.07, 6.45) is 1.56. The van der Waals surface area contributed by atoms with Gasteiger partial charge in [0.05, 0.1) is 12.5 Å². The van der Waals surface area contributed by atoms with E-state index >= 15 is 0 Å². The van der Waals surface area contributed by atoms with Gasteiger partial charge in [0.1, 0.15) is 18.1 Å². The molecule has 39 heavy (non-hydrogen) atoms. The third-order valence-electron chi connectivity index (χ3n) is 6.13. The molecule has 0 aliphatic carbocycles. The highest BCUT2D eigenvalue weighted by Gasteiger charge is 2.31. The molecule has 0 spiro atoms. The largest absolute Gasteiger partial charge is 0.481 e. The van der Waals surface area contributed by atoms with E-state index in [2.05, 4.69) is 20.9 Å². The van der Waals surface area contributed by atoms with Gasteiger partial charge in [0.15, 0.2) is 0 Å². The number of hydrogen-bond donors (Lipinski definition) is 7. The number of benzene rings is 1. The number of fused-ring (bicyclic) bond motifs is 1. The number of nitrogens with one attached hydrogen (secondary N) is 4. The molecule has 0 aliphatic rings. The monoisotopic (exact) mass is 545 g/mol. The van der Waals surface area contributed by atoms with E-state index in [-0.39, 0.29) is 31.1 Å². The van der Waals surface area contributed by atoms with Crippen LogP contribution in [0.2, 0.25) is 0 Å². The first-order valence-corrected chi connectivity index (χ1v) is 12.9. The Hall–Kier alpha value is -3.93. The van der Waals surface area contributed by atoms with Crippen LogP contribution >= 0.6 is 0 Å². The second kappa shape index (κ2) is 14.3. The molecule has 12 heteroatoms. The Balaban J connectivity index is 2.18. The first kappa shape index (κ1) is 31.3. The molecule has 0 fully saturated rings. The minimum atomic E-state index is -1.35. The van der Waals surface area contributed by atoms with Crippen LogP contribution in [0.1, 0.15) is 52.5 Å². The molecule has 1 aromatic carbocycles. The summed E-state index contributed by atoms with van der Waals surface area (Å²) in [4.78, 5) is 64.9. The number of carbonyl (C=O) groups is 5. The highest BCUT2D eigenvalue weighted by molar-refractivity contribution is 5.95. The molecule has 0 aliphatic heterocycles. The van der Waals surface area contributed by atoms with E-state index in [1.165, 1.54) is 0 Å². The average molecular weight is 546 g/mol. The van der Waals surface area contributed by atoms with Gasteiger partial charge < -0.3 is 36.9 Å². The van der Waals surface area contributed by atoms with Crippen molar-refractivity contribution in [3.05, 3.63) is 36.0 Å². The predicted molar refractivity (Wildman–Crippen MR) is 145 cm³/mol. The van der Waals surface area contributed by atoms with Crippen LogP contribution in [0.3, 0.4) is 0 Å². The van der Waals surface area contributed by atoms with E-state index in [1.807, 2.05) is 52.0 Å². The van der Waals surface area contributed by atoms with Crippen LogP contribution in [-0.4, -0.2) is 69.0 Å². The molecule has 3 amide bonds. The van der Waals surface area contributed by atoms with Gasteiger partial charge in [0.2, 0.25) is 17.7 Å². The number of rotatable bonds is 15. The first-order chi connectivity index (χ1) is 18.3. The lowest BCUT2D eigenvalue weighted by Gasteiger charge is -2.26. The van der Waals surface area contributed by atoms with Crippen LogP contribution in [0.25, 0.3) is 10.9 Å². The average Bonchev–Trinajstić information content (AvgIpc) is 3.24. The Bertz CT molecular complexity index is 1180. The van der Waals surface area contributed by atoms with Crippen molar-refractivity contribution in [1.82, 2.24) is 20.9 Å². The number of amides is 3. The molecule has 2 aromatic rings. The van der Waals surface area contributed by atoms with Gasteiger partial charge in [0, 0.05) is 23.5 Å². The van der Waals surface area contributed by atoms with Gasteiger partial charge >= 0.3 is 11.9 Å². The lowest BCUT2D eigenvalue weighted by atomic mass is 9.99. The third kappa shape index (κ3) is 9.71. The normalized spacial score (nSPS) is 14.4. The molecule has 2 rings (SSSR count). The third-order valence-corrected chi connectivity index (χ3v) is 6.13. The van der Waals surface area contributed by atoms with Gasteiger partial charge in [-0.05, 0) is 36.3 Å². The zero-order valence-electron chi connectivity index (χ0n) is 22.7. The number of carboxylic acid groups (broad SMARTS) is 2. The second-order valence-corrected chi connectivity index (χ2v) is 10.5. The lowest BCUT2D eigenvalue weighted by molar-refractivity contribution is -0.142. The number of aliphatic carboxylic acids is 2. The zero-order chi connectivity index (χ0) is 29.3. The summed E-state index contributed by atoms with van der Waals surface area (Å²) < 4.78 is 0. The minimum Gasteiger partial charge on any atom is -0.481 e. The summed E-state index contributed by atoms with van der Waals surface area (Å²) in [5.74, 6) is -4.64. The Morgan fingerprint density at radius 1 is 0.821 bits per heavy atom. The summed E-state index contributed by atoms with van der Waals surface area (Å²) in [5.41, 5.74) is 7.20. The Labute approximate surface area is 227 Å². The van der Waals surface area contributed by atoms with Gasteiger partial charge in [0.25, 0.3) is 0 Å². The van der Waals surface area contributed by atoms with Crippen LogP contribution in [0.15, 0.2) is 30.5 Å². The molecular weight excluding hydrogens is 506 g/mol. The molecule has 12 nitrogen and oxygen atoms in total. The van der Waals surface area contributed by atoms with E-state index < -0.39 is 60.2 Å². The maximum Gasteiger partial charge on any atom is 0.326 e. The smallest absolute Gasteiger partial charge is 0.326 e. The standard InChI is InChI=1S/C27H39N5O7/c1-14(2)9-20(30-24(35)18(28)12-23(33)34)25(36)31-21(10-15(3)4)26(37)32-22(27(38)39)11-16-13-29-19-8-6-5-7-17(16)19/h5-8,13-15,18,20-22,29H,9-12,28H2,1-4H3,(H,30,35)(H,31,36)(H,32,37)(H,33,34)(H,38,39). The SMILES string of the molecule is CC(C)CC(NC(=O)C(N)CC(=O)O)C(=O)NC(CC(C)C)C(=O)NC(Cc1c[nH]c2ccccc12)C(=O)O. The molecule has 4 atom stereocenters. The number of carboxylic acids is 2. The van der Waals surface area contributed by atoms with E-state index in [9.17, 15) is 29.1 Å². The molecule has 1 aromatic heterocycles.